The molecule has 0 aliphatic heterocycles. The third-order valence-corrected chi connectivity index (χ3v) is 2.96. The van der Waals surface area contributed by atoms with E-state index in [9.17, 15) is 9.90 Å². The van der Waals surface area contributed by atoms with Gasteiger partial charge in [-0.3, -0.25) is 4.79 Å². The molecule has 0 aliphatic rings. The summed E-state index contributed by atoms with van der Waals surface area (Å²) in [4.78, 5) is 10.4. The maximum Gasteiger partial charge on any atom is 0.303 e. The van der Waals surface area contributed by atoms with E-state index < -0.39 is 12.1 Å². The molecule has 0 saturated heterocycles. The van der Waals surface area contributed by atoms with Crippen molar-refractivity contribution in [1.29, 1.82) is 0 Å². The molecule has 1 unspecified atom stereocenters. The highest BCUT2D eigenvalue weighted by molar-refractivity contribution is 5.66. The van der Waals surface area contributed by atoms with Crippen LogP contribution < -0.4 is 10.1 Å². The SMILES string of the molecule is COc1cc(C)c(NCC(O)CCC(=O)O)cc1C. The van der Waals surface area contributed by atoms with Crippen LogP contribution in [-0.2, 0) is 4.79 Å². The predicted molar refractivity (Wildman–Crippen MR) is 73.8 cm³/mol. The van der Waals surface area contributed by atoms with Crippen LogP contribution in [0.25, 0.3) is 0 Å². The lowest BCUT2D eigenvalue weighted by Crippen LogP contribution is -2.20. The number of carboxylic acids is 1. The molecule has 0 saturated carbocycles. The Morgan fingerprint density at radius 1 is 1.37 bits per heavy atom. The zero-order chi connectivity index (χ0) is 14.4. The van der Waals surface area contributed by atoms with Crippen LogP contribution in [0.3, 0.4) is 0 Å². The minimum Gasteiger partial charge on any atom is -0.496 e. The number of hydrogen-bond acceptors (Lipinski definition) is 4. The van der Waals surface area contributed by atoms with E-state index in [2.05, 4.69) is 5.32 Å². The molecule has 0 amide bonds. The van der Waals surface area contributed by atoms with Gasteiger partial charge in [0.15, 0.2) is 0 Å². The zero-order valence-electron chi connectivity index (χ0n) is 11.6. The molecule has 106 valence electrons. The molecule has 0 spiro atoms. The first kappa shape index (κ1) is 15.3. The van der Waals surface area contributed by atoms with Crippen LogP contribution >= 0.6 is 0 Å². The van der Waals surface area contributed by atoms with Crippen LogP contribution in [-0.4, -0.2) is 35.9 Å². The normalized spacial score (nSPS) is 12.0. The molecule has 0 aliphatic carbocycles. The average molecular weight is 267 g/mol. The standard InChI is InChI=1S/C14H21NO4/c1-9-7-13(19-3)10(2)6-12(9)15-8-11(16)4-5-14(17)18/h6-7,11,15-16H,4-5,8H2,1-3H3,(H,17,18). The number of aliphatic hydroxyl groups excluding tert-OH is 1. The molecule has 1 rings (SSSR count). The highest BCUT2D eigenvalue weighted by atomic mass is 16.5. The van der Waals surface area contributed by atoms with Gasteiger partial charge < -0.3 is 20.3 Å². The Balaban J connectivity index is 2.58. The number of hydrogen-bond donors (Lipinski definition) is 3. The Morgan fingerprint density at radius 2 is 2.05 bits per heavy atom. The predicted octanol–water partition coefficient (Wildman–Crippen LogP) is 1.95. The number of benzene rings is 1. The molecule has 19 heavy (non-hydrogen) atoms. The smallest absolute Gasteiger partial charge is 0.303 e. The maximum atomic E-state index is 10.4. The third-order valence-electron chi connectivity index (χ3n) is 2.96. The topological polar surface area (TPSA) is 78.8 Å². The molecular formula is C14H21NO4. The zero-order valence-corrected chi connectivity index (χ0v) is 11.6. The second kappa shape index (κ2) is 6.99. The van der Waals surface area contributed by atoms with Crippen LogP contribution in [0.15, 0.2) is 12.1 Å². The Labute approximate surface area is 113 Å². The van der Waals surface area contributed by atoms with E-state index in [-0.39, 0.29) is 12.8 Å². The van der Waals surface area contributed by atoms with Crippen LogP contribution in [0.1, 0.15) is 24.0 Å². The summed E-state index contributed by atoms with van der Waals surface area (Å²) in [5, 5.41) is 21.3. The summed E-state index contributed by atoms with van der Waals surface area (Å²) in [5.74, 6) is -0.0648. The monoisotopic (exact) mass is 267 g/mol. The van der Waals surface area contributed by atoms with Crippen molar-refractivity contribution in [2.45, 2.75) is 32.8 Å². The van der Waals surface area contributed by atoms with Gasteiger partial charge in [0.2, 0.25) is 0 Å². The van der Waals surface area contributed by atoms with Gasteiger partial charge in [0.1, 0.15) is 5.75 Å². The first-order valence-electron chi connectivity index (χ1n) is 6.23. The van der Waals surface area contributed by atoms with Gasteiger partial charge in [-0.1, -0.05) is 0 Å². The number of methoxy groups -OCH3 is 1. The van der Waals surface area contributed by atoms with E-state index in [0.29, 0.717) is 6.54 Å². The first-order valence-corrected chi connectivity index (χ1v) is 6.23. The number of aliphatic hydroxyl groups is 1. The number of anilines is 1. The van der Waals surface area contributed by atoms with Gasteiger partial charge in [0, 0.05) is 18.7 Å². The van der Waals surface area contributed by atoms with E-state index in [4.69, 9.17) is 9.84 Å². The molecule has 1 aromatic rings. The van der Waals surface area contributed by atoms with Gasteiger partial charge in [-0.25, -0.2) is 0 Å². The van der Waals surface area contributed by atoms with Gasteiger partial charge in [-0.2, -0.15) is 0 Å². The van der Waals surface area contributed by atoms with E-state index in [1.807, 2.05) is 26.0 Å². The fourth-order valence-corrected chi connectivity index (χ4v) is 1.82. The van der Waals surface area contributed by atoms with Crippen molar-refractivity contribution in [2.24, 2.45) is 0 Å². The van der Waals surface area contributed by atoms with Gasteiger partial charge in [0.05, 0.1) is 13.2 Å². The van der Waals surface area contributed by atoms with Crippen molar-refractivity contribution in [2.75, 3.05) is 19.0 Å². The quantitative estimate of drug-likeness (QED) is 0.703. The minimum absolute atomic E-state index is 0.0243. The van der Waals surface area contributed by atoms with Gasteiger partial charge in [0.25, 0.3) is 0 Å². The van der Waals surface area contributed by atoms with Crippen LogP contribution in [0.4, 0.5) is 5.69 Å². The minimum atomic E-state index is -0.893. The Hall–Kier alpha value is -1.75. The molecule has 5 nitrogen and oxygen atoms in total. The molecule has 0 aromatic heterocycles. The first-order chi connectivity index (χ1) is 8.93. The van der Waals surface area contributed by atoms with Crippen molar-refractivity contribution in [3.63, 3.8) is 0 Å². The number of carbonyl (C=O) groups is 1. The Kier molecular flexibility index (Phi) is 5.63. The molecule has 1 atom stereocenters. The lowest BCUT2D eigenvalue weighted by atomic mass is 10.1. The third kappa shape index (κ3) is 4.79. The summed E-state index contributed by atoms with van der Waals surface area (Å²) in [7, 11) is 1.63. The Morgan fingerprint density at radius 3 is 2.63 bits per heavy atom. The van der Waals surface area contributed by atoms with E-state index in [0.717, 1.165) is 22.6 Å². The molecule has 0 heterocycles. The summed E-state index contributed by atoms with van der Waals surface area (Å²) in [6, 6.07) is 3.89. The highest BCUT2D eigenvalue weighted by Crippen LogP contribution is 2.25. The van der Waals surface area contributed by atoms with Crippen molar-refractivity contribution < 1.29 is 19.7 Å². The van der Waals surface area contributed by atoms with Crippen LogP contribution in [0, 0.1) is 13.8 Å². The second-order valence-corrected chi connectivity index (χ2v) is 4.60. The lowest BCUT2D eigenvalue weighted by molar-refractivity contribution is -0.137. The number of carboxylic acid groups (broad SMARTS) is 1. The molecule has 1 aromatic carbocycles. The van der Waals surface area contributed by atoms with Crippen molar-refractivity contribution in [3.8, 4) is 5.75 Å². The number of ether oxygens (including phenoxy) is 1. The summed E-state index contributed by atoms with van der Waals surface area (Å²) >= 11 is 0. The fourth-order valence-electron chi connectivity index (χ4n) is 1.82. The van der Waals surface area contributed by atoms with Crippen molar-refractivity contribution in [3.05, 3.63) is 23.3 Å². The van der Waals surface area contributed by atoms with Crippen molar-refractivity contribution >= 4 is 11.7 Å². The molecule has 3 N–H and O–H groups in total. The average Bonchev–Trinajstić information content (AvgIpc) is 2.36. The van der Waals surface area contributed by atoms with Gasteiger partial charge in [-0.15, -0.1) is 0 Å². The highest BCUT2D eigenvalue weighted by Gasteiger charge is 2.09. The van der Waals surface area contributed by atoms with Crippen molar-refractivity contribution in [1.82, 2.24) is 0 Å². The molecule has 0 fully saturated rings. The largest absolute Gasteiger partial charge is 0.496 e. The van der Waals surface area contributed by atoms with Crippen LogP contribution in [0.5, 0.6) is 5.75 Å². The molecule has 0 bridgehead atoms. The lowest BCUT2D eigenvalue weighted by Gasteiger charge is -2.15. The maximum absolute atomic E-state index is 10.4. The van der Waals surface area contributed by atoms with Gasteiger partial charge in [-0.05, 0) is 43.5 Å². The summed E-state index contributed by atoms with van der Waals surface area (Å²) < 4.78 is 5.23. The van der Waals surface area contributed by atoms with Gasteiger partial charge >= 0.3 is 5.97 Å². The van der Waals surface area contributed by atoms with Crippen LogP contribution in [0.2, 0.25) is 0 Å². The summed E-state index contributed by atoms with van der Waals surface area (Å²) in [5.41, 5.74) is 2.95. The summed E-state index contributed by atoms with van der Waals surface area (Å²) in [6.45, 7) is 4.23. The van der Waals surface area contributed by atoms with E-state index >= 15 is 0 Å². The molecular weight excluding hydrogens is 246 g/mol. The van der Waals surface area contributed by atoms with E-state index in [1.54, 1.807) is 7.11 Å². The van der Waals surface area contributed by atoms with E-state index in [1.165, 1.54) is 0 Å². The fraction of sp³-hybridized carbons (Fsp3) is 0.500. The number of aliphatic carboxylic acids is 1. The number of rotatable bonds is 7. The molecule has 5 heteroatoms. The summed E-state index contributed by atoms with van der Waals surface area (Å²) in [6.07, 6.45) is -0.446. The number of nitrogens with one attached hydrogen (secondary N) is 1. The second-order valence-electron chi connectivity index (χ2n) is 4.60. The Bertz CT molecular complexity index is 445. The number of aryl methyl sites for hydroxylation is 2. The molecule has 0 radical (unpaired) electrons.